The number of nitrogens with one attached hydrogen (secondary N) is 1. The molecular weight excluding hydrogens is 434 g/mol. The van der Waals surface area contributed by atoms with Crippen LogP contribution < -0.4 is 5.32 Å². The smallest absolute Gasteiger partial charge is 0.407 e. The summed E-state index contributed by atoms with van der Waals surface area (Å²) in [7, 11) is 3.69. The number of carboxylic acid groups (broad SMARTS) is 1. The van der Waals surface area contributed by atoms with Crippen molar-refractivity contribution < 1.29 is 24.2 Å². The largest absolute Gasteiger partial charge is 0.480 e. The molecule has 0 unspecified atom stereocenters. The number of hydrogen-bond acceptors (Lipinski definition) is 5. The van der Waals surface area contributed by atoms with Crippen LogP contribution in [0.25, 0.3) is 11.1 Å². The number of likely N-dealkylation sites (N-methyl/N-ethyl adjacent to an activating group) is 1. The number of alkyl carbamates (subject to hydrolysis) is 1. The Labute approximate surface area is 200 Å². The molecule has 1 aliphatic carbocycles. The average molecular weight is 468 g/mol. The third-order valence-electron chi connectivity index (χ3n) is 6.00. The number of nitrogens with zero attached hydrogens (tertiary/aromatic N) is 2. The Kier molecular flexibility index (Phi) is 8.28. The van der Waals surface area contributed by atoms with Gasteiger partial charge in [-0.25, -0.2) is 4.79 Å². The van der Waals surface area contributed by atoms with Gasteiger partial charge >= 0.3 is 12.1 Å². The summed E-state index contributed by atoms with van der Waals surface area (Å²) >= 11 is 0. The van der Waals surface area contributed by atoms with Crippen LogP contribution in [0.15, 0.2) is 48.5 Å². The fourth-order valence-corrected chi connectivity index (χ4v) is 4.23. The van der Waals surface area contributed by atoms with E-state index in [0.29, 0.717) is 6.54 Å². The summed E-state index contributed by atoms with van der Waals surface area (Å²) in [4.78, 5) is 40.3. The first kappa shape index (κ1) is 25.2. The molecule has 0 bridgehead atoms. The minimum Gasteiger partial charge on any atom is -0.480 e. The highest BCUT2D eigenvalue weighted by Gasteiger charge is 2.32. The van der Waals surface area contributed by atoms with E-state index in [4.69, 9.17) is 4.74 Å². The zero-order valence-electron chi connectivity index (χ0n) is 20.2. The summed E-state index contributed by atoms with van der Waals surface area (Å²) in [6, 6.07) is 15.2. The number of aliphatic carboxylic acids is 1. The van der Waals surface area contributed by atoms with Crippen molar-refractivity contribution in [3.63, 3.8) is 0 Å². The van der Waals surface area contributed by atoms with Crippen LogP contribution in [0.5, 0.6) is 0 Å². The molecule has 3 rings (SSSR count). The van der Waals surface area contributed by atoms with Gasteiger partial charge < -0.3 is 25.0 Å². The molecule has 1 atom stereocenters. The van der Waals surface area contributed by atoms with Crippen molar-refractivity contribution in [3.05, 3.63) is 59.7 Å². The lowest BCUT2D eigenvalue weighted by atomic mass is 9.98. The van der Waals surface area contributed by atoms with Gasteiger partial charge in [0, 0.05) is 19.0 Å². The second kappa shape index (κ2) is 11.2. The van der Waals surface area contributed by atoms with Crippen molar-refractivity contribution in [1.82, 2.24) is 15.1 Å². The number of benzene rings is 2. The first-order chi connectivity index (χ1) is 16.2. The third kappa shape index (κ3) is 5.94. The monoisotopic (exact) mass is 467 g/mol. The van der Waals surface area contributed by atoms with Crippen LogP contribution in [0.3, 0.4) is 0 Å². The Morgan fingerprint density at radius 2 is 1.53 bits per heavy atom. The molecule has 2 aromatic carbocycles. The lowest BCUT2D eigenvalue weighted by Crippen LogP contribution is -2.53. The highest BCUT2D eigenvalue weighted by Crippen LogP contribution is 2.44. The predicted molar refractivity (Wildman–Crippen MR) is 130 cm³/mol. The van der Waals surface area contributed by atoms with Crippen LogP contribution in [0.4, 0.5) is 4.79 Å². The zero-order chi connectivity index (χ0) is 24.8. The average Bonchev–Trinajstić information content (AvgIpc) is 3.11. The molecule has 0 spiro atoms. The molecule has 0 heterocycles. The summed E-state index contributed by atoms with van der Waals surface area (Å²) in [5.74, 6) is -1.87. The Morgan fingerprint density at radius 3 is 2.03 bits per heavy atom. The number of fused-ring (bicyclic) bond motifs is 3. The van der Waals surface area contributed by atoms with Crippen molar-refractivity contribution >= 4 is 18.0 Å². The molecule has 8 heteroatoms. The lowest BCUT2D eigenvalue weighted by Gasteiger charge is -2.29. The van der Waals surface area contributed by atoms with Crippen LogP contribution >= 0.6 is 0 Å². The maximum atomic E-state index is 13.1. The number of carboxylic acids is 1. The van der Waals surface area contributed by atoms with E-state index in [2.05, 4.69) is 17.4 Å². The molecule has 34 heavy (non-hydrogen) atoms. The van der Waals surface area contributed by atoms with E-state index in [-0.39, 0.29) is 25.0 Å². The number of ether oxygens (including phenoxy) is 1. The van der Waals surface area contributed by atoms with E-state index < -0.39 is 30.6 Å². The molecule has 0 aliphatic heterocycles. The molecule has 0 saturated heterocycles. The maximum Gasteiger partial charge on any atom is 0.407 e. The van der Waals surface area contributed by atoms with Crippen LogP contribution in [0.1, 0.15) is 30.9 Å². The normalized spacial score (nSPS) is 13.4. The van der Waals surface area contributed by atoms with E-state index in [0.717, 1.165) is 22.3 Å². The topological polar surface area (TPSA) is 99.2 Å². The summed E-state index contributed by atoms with van der Waals surface area (Å²) in [5.41, 5.74) is 4.47. The van der Waals surface area contributed by atoms with Gasteiger partial charge in [0.15, 0.2) is 0 Å². The minimum atomic E-state index is -1.10. The van der Waals surface area contributed by atoms with Crippen LogP contribution in [0.2, 0.25) is 0 Å². The van der Waals surface area contributed by atoms with Crippen LogP contribution in [-0.2, 0) is 14.3 Å². The van der Waals surface area contributed by atoms with Gasteiger partial charge in [0.05, 0.1) is 0 Å². The van der Waals surface area contributed by atoms with Crippen molar-refractivity contribution in [2.75, 3.05) is 40.3 Å². The molecule has 0 aromatic heterocycles. The Bertz CT molecular complexity index is 991. The van der Waals surface area contributed by atoms with Crippen molar-refractivity contribution in [3.8, 4) is 11.1 Å². The van der Waals surface area contributed by atoms with Gasteiger partial charge in [-0.1, -0.05) is 62.4 Å². The SMILES string of the molecule is CC(C)[C@H](NC(=O)OCC1c2ccccc2-c2ccccc21)C(=O)N(CCN(C)C)CC(=O)O. The number of amides is 2. The Morgan fingerprint density at radius 1 is 0.971 bits per heavy atom. The summed E-state index contributed by atoms with van der Waals surface area (Å²) in [6.45, 7) is 4.07. The van der Waals surface area contributed by atoms with Crippen molar-refractivity contribution in [2.24, 2.45) is 5.92 Å². The summed E-state index contributed by atoms with van der Waals surface area (Å²) < 4.78 is 5.58. The molecule has 8 nitrogen and oxygen atoms in total. The van der Waals surface area contributed by atoms with E-state index in [1.807, 2.05) is 55.4 Å². The molecule has 0 fully saturated rings. The van der Waals surface area contributed by atoms with Crippen LogP contribution in [-0.4, -0.2) is 79.3 Å². The van der Waals surface area contributed by atoms with E-state index in [1.165, 1.54) is 4.90 Å². The molecule has 1 aliphatic rings. The fourth-order valence-electron chi connectivity index (χ4n) is 4.23. The number of carbonyl (C=O) groups excluding carboxylic acids is 2. The number of carbonyl (C=O) groups is 3. The van der Waals surface area contributed by atoms with Gasteiger partial charge in [0.25, 0.3) is 0 Å². The standard InChI is InChI=1S/C26H33N3O5/c1-17(2)24(25(32)29(15-23(30)31)14-13-28(3)4)27-26(33)34-16-22-20-11-7-5-9-18(20)19-10-6-8-12-21(19)22/h5-12,17,22,24H,13-16H2,1-4H3,(H,27,33)(H,30,31)/t24-/m0/s1. The van der Waals surface area contributed by atoms with Gasteiger partial charge in [0.1, 0.15) is 19.2 Å². The minimum absolute atomic E-state index is 0.0880. The fraction of sp³-hybridized carbons (Fsp3) is 0.423. The molecular formula is C26H33N3O5. The van der Waals surface area contributed by atoms with Gasteiger partial charge in [-0.05, 0) is 42.3 Å². The second-order valence-corrected chi connectivity index (χ2v) is 9.15. The highest BCUT2D eigenvalue weighted by molar-refractivity contribution is 5.88. The van der Waals surface area contributed by atoms with Gasteiger partial charge in [0.2, 0.25) is 5.91 Å². The van der Waals surface area contributed by atoms with E-state index in [9.17, 15) is 19.5 Å². The number of rotatable bonds is 10. The Balaban J connectivity index is 1.68. The molecule has 2 aromatic rings. The summed E-state index contributed by atoms with van der Waals surface area (Å²) in [5, 5.41) is 11.9. The van der Waals surface area contributed by atoms with Crippen LogP contribution in [0, 0.1) is 5.92 Å². The van der Waals surface area contributed by atoms with E-state index >= 15 is 0 Å². The predicted octanol–water partition coefficient (Wildman–Crippen LogP) is 3.02. The third-order valence-corrected chi connectivity index (χ3v) is 6.00. The first-order valence-corrected chi connectivity index (χ1v) is 11.5. The quantitative estimate of drug-likeness (QED) is 0.557. The first-order valence-electron chi connectivity index (χ1n) is 11.5. The summed E-state index contributed by atoms with van der Waals surface area (Å²) in [6.07, 6.45) is -0.697. The molecule has 2 N–H and O–H groups in total. The maximum absolute atomic E-state index is 13.1. The molecule has 2 amide bonds. The van der Waals surface area contributed by atoms with Gasteiger partial charge in [-0.3, -0.25) is 9.59 Å². The highest BCUT2D eigenvalue weighted by atomic mass is 16.5. The Hall–Kier alpha value is -3.39. The van der Waals surface area contributed by atoms with E-state index in [1.54, 1.807) is 13.8 Å². The van der Waals surface area contributed by atoms with Gasteiger partial charge in [-0.15, -0.1) is 0 Å². The molecule has 182 valence electrons. The zero-order valence-corrected chi connectivity index (χ0v) is 20.2. The lowest BCUT2D eigenvalue weighted by molar-refractivity contribution is -0.145. The number of hydrogen-bond donors (Lipinski definition) is 2. The van der Waals surface area contributed by atoms with Gasteiger partial charge in [-0.2, -0.15) is 0 Å². The molecule has 0 saturated carbocycles. The second-order valence-electron chi connectivity index (χ2n) is 9.15. The van der Waals surface area contributed by atoms with Crippen molar-refractivity contribution in [2.45, 2.75) is 25.8 Å². The molecule has 0 radical (unpaired) electrons. The van der Waals surface area contributed by atoms with Crippen molar-refractivity contribution in [1.29, 1.82) is 0 Å².